The van der Waals surface area contributed by atoms with Crippen molar-refractivity contribution in [2.75, 3.05) is 6.54 Å². The number of nitrogens with zero attached hydrogens (tertiary/aromatic N) is 1. The van der Waals surface area contributed by atoms with Gasteiger partial charge in [-0.1, -0.05) is 30.3 Å². The van der Waals surface area contributed by atoms with Crippen LogP contribution < -0.4 is 0 Å². The number of rotatable bonds is 2. The standard InChI is InChI=1S/C13H17N/c1-12-6-5-10-14(12)11-9-13-7-3-2-4-8-13/h2-4,7-9,11-12H,5-6,10H2,1H3/b11-9+/t12-/m1/s1. The second-order valence-corrected chi connectivity index (χ2v) is 3.96. The van der Waals surface area contributed by atoms with Crippen LogP contribution in [0.3, 0.4) is 0 Å². The van der Waals surface area contributed by atoms with Crippen LogP contribution >= 0.6 is 0 Å². The van der Waals surface area contributed by atoms with Crippen molar-refractivity contribution in [3.8, 4) is 0 Å². The van der Waals surface area contributed by atoms with Gasteiger partial charge in [-0.25, -0.2) is 0 Å². The molecule has 0 aromatic heterocycles. The summed E-state index contributed by atoms with van der Waals surface area (Å²) in [6, 6.07) is 11.2. The van der Waals surface area contributed by atoms with E-state index in [0.29, 0.717) is 0 Å². The first-order valence-corrected chi connectivity index (χ1v) is 5.35. The molecular formula is C13H17N. The van der Waals surface area contributed by atoms with Crippen LogP contribution in [0.5, 0.6) is 0 Å². The molecule has 0 N–H and O–H groups in total. The predicted octanol–water partition coefficient (Wildman–Crippen LogP) is 3.14. The van der Waals surface area contributed by atoms with Crippen molar-refractivity contribution >= 4 is 6.08 Å². The maximum Gasteiger partial charge on any atom is 0.0256 e. The Hall–Kier alpha value is -1.24. The Kier molecular flexibility index (Phi) is 2.87. The molecule has 1 atom stereocenters. The average molecular weight is 187 g/mol. The van der Waals surface area contributed by atoms with Gasteiger partial charge in [0.2, 0.25) is 0 Å². The Labute approximate surface area is 86.1 Å². The maximum atomic E-state index is 2.42. The van der Waals surface area contributed by atoms with Gasteiger partial charge in [-0.3, -0.25) is 0 Å². The summed E-state index contributed by atoms with van der Waals surface area (Å²) >= 11 is 0. The van der Waals surface area contributed by atoms with Gasteiger partial charge in [0.15, 0.2) is 0 Å². The molecule has 0 saturated carbocycles. The molecule has 1 nitrogen and oxygen atoms in total. The van der Waals surface area contributed by atoms with Crippen molar-refractivity contribution in [1.82, 2.24) is 4.90 Å². The highest BCUT2D eigenvalue weighted by Gasteiger charge is 2.15. The molecular weight excluding hydrogens is 170 g/mol. The molecule has 1 aromatic carbocycles. The Morgan fingerprint density at radius 3 is 2.71 bits per heavy atom. The van der Waals surface area contributed by atoms with Gasteiger partial charge in [-0.05, 0) is 37.6 Å². The van der Waals surface area contributed by atoms with Gasteiger partial charge < -0.3 is 4.90 Å². The Balaban J connectivity index is 2.00. The molecule has 0 spiro atoms. The lowest BCUT2D eigenvalue weighted by Crippen LogP contribution is -2.19. The lowest BCUT2D eigenvalue weighted by atomic mass is 10.2. The lowest BCUT2D eigenvalue weighted by Gasteiger charge is -2.18. The molecule has 0 amide bonds. The zero-order chi connectivity index (χ0) is 9.80. The number of hydrogen-bond donors (Lipinski definition) is 0. The first kappa shape index (κ1) is 9.32. The summed E-state index contributed by atoms with van der Waals surface area (Å²) in [6.07, 6.45) is 7.09. The normalized spacial score (nSPS) is 22.1. The van der Waals surface area contributed by atoms with Gasteiger partial charge >= 0.3 is 0 Å². The third kappa shape index (κ3) is 2.16. The van der Waals surface area contributed by atoms with Gasteiger partial charge in [0, 0.05) is 12.6 Å². The number of hydrogen-bond acceptors (Lipinski definition) is 1. The zero-order valence-electron chi connectivity index (χ0n) is 8.69. The Morgan fingerprint density at radius 1 is 1.29 bits per heavy atom. The van der Waals surface area contributed by atoms with Gasteiger partial charge in [-0.2, -0.15) is 0 Å². The van der Waals surface area contributed by atoms with Gasteiger partial charge in [0.05, 0.1) is 0 Å². The molecule has 1 saturated heterocycles. The zero-order valence-corrected chi connectivity index (χ0v) is 8.69. The average Bonchev–Trinajstić information content (AvgIpc) is 2.63. The Morgan fingerprint density at radius 2 is 2.07 bits per heavy atom. The summed E-state index contributed by atoms with van der Waals surface area (Å²) in [7, 11) is 0. The number of likely N-dealkylation sites (tertiary alicyclic amines) is 1. The van der Waals surface area contributed by atoms with E-state index in [0.717, 1.165) is 6.04 Å². The van der Waals surface area contributed by atoms with E-state index in [2.05, 4.69) is 54.4 Å². The van der Waals surface area contributed by atoms with E-state index in [1.54, 1.807) is 0 Å². The summed E-state index contributed by atoms with van der Waals surface area (Å²) in [6.45, 7) is 3.51. The molecule has 0 aliphatic carbocycles. The molecule has 1 aliphatic heterocycles. The third-order valence-corrected chi connectivity index (χ3v) is 2.86. The highest BCUT2D eigenvalue weighted by Crippen LogP contribution is 2.17. The van der Waals surface area contributed by atoms with Crippen molar-refractivity contribution in [2.24, 2.45) is 0 Å². The smallest absolute Gasteiger partial charge is 0.0256 e. The molecule has 1 heteroatoms. The summed E-state index contributed by atoms with van der Waals surface area (Å²) in [5.74, 6) is 0. The quantitative estimate of drug-likeness (QED) is 0.687. The molecule has 1 heterocycles. The second-order valence-electron chi connectivity index (χ2n) is 3.96. The van der Waals surface area contributed by atoms with Crippen LogP contribution in [0.15, 0.2) is 36.5 Å². The molecule has 1 fully saturated rings. The van der Waals surface area contributed by atoms with Crippen LogP contribution in [0.2, 0.25) is 0 Å². The minimum absolute atomic E-state index is 0.718. The molecule has 0 bridgehead atoms. The van der Waals surface area contributed by atoms with Crippen LogP contribution in [0.1, 0.15) is 25.3 Å². The highest BCUT2D eigenvalue weighted by molar-refractivity contribution is 5.48. The topological polar surface area (TPSA) is 3.24 Å². The molecule has 14 heavy (non-hydrogen) atoms. The summed E-state index contributed by atoms with van der Waals surface area (Å²) in [4.78, 5) is 2.42. The minimum atomic E-state index is 0.718. The fraction of sp³-hybridized carbons (Fsp3) is 0.385. The fourth-order valence-corrected chi connectivity index (χ4v) is 1.92. The van der Waals surface area contributed by atoms with Crippen LogP contribution in [-0.4, -0.2) is 17.5 Å². The third-order valence-electron chi connectivity index (χ3n) is 2.86. The summed E-state index contributed by atoms with van der Waals surface area (Å²) < 4.78 is 0. The van der Waals surface area contributed by atoms with Gasteiger partial charge in [-0.15, -0.1) is 0 Å². The lowest BCUT2D eigenvalue weighted by molar-refractivity contribution is 0.374. The number of benzene rings is 1. The monoisotopic (exact) mass is 187 g/mol. The van der Waals surface area contributed by atoms with Crippen molar-refractivity contribution in [2.45, 2.75) is 25.8 Å². The van der Waals surface area contributed by atoms with E-state index >= 15 is 0 Å². The second kappa shape index (κ2) is 4.32. The van der Waals surface area contributed by atoms with E-state index in [4.69, 9.17) is 0 Å². The largest absolute Gasteiger partial charge is 0.375 e. The van der Waals surface area contributed by atoms with Crippen LogP contribution in [0.4, 0.5) is 0 Å². The molecule has 0 unspecified atom stereocenters. The van der Waals surface area contributed by atoms with Crippen LogP contribution in [0, 0.1) is 0 Å². The predicted molar refractivity (Wildman–Crippen MR) is 60.9 cm³/mol. The van der Waals surface area contributed by atoms with Crippen LogP contribution in [-0.2, 0) is 0 Å². The molecule has 0 radical (unpaired) electrons. The molecule has 1 aromatic rings. The van der Waals surface area contributed by atoms with E-state index in [9.17, 15) is 0 Å². The minimum Gasteiger partial charge on any atom is -0.375 e. The molecule has 74 valence electrons. The van der Waals surface area contributed by atoms with Crippen LogP contribution in [0.25, 0.3) is 6.08 Å². The van der Waals surface area contributed by atoms with E-state index in [1.165, 1.54) is 24.9 Å². The summed E-state index contributed by atoms with van der Waals surface area (Å²) in [5, 5.41) is 0. The Bertz CT molecular complexity index is 302. The van der Waals surface area contributed by atoms with Crippen molar-refractivity contribution in [1.29, 1.82) is 0 Å². The first-order chi connectivity index (χ1) is 6.86. The fourth-order valence-electron chi connectivity index (χ4n) is 1.92. The van der Waals surface area contributed by atoms with E-state index < -0.39 is 0 Å². The van der Waals surface area contributed by atoms with Crippen molar-refractivity contribution in [3.05, 3.63) is 42.1 Å². The van der Waals surface area contributed by atoms with E-state index in [-0.39, 0.29) is 0 Å². The first-order valence-electron chi connectivity index (χ1n) is 5.35. The van der Waals surface area contributed by atoms with E-state index in [1.807, 2.05) is 0 Å². The highest BCUT2D eigenvalue weighted by atomic mass is 15.1. The SMILES string of the molecule is C[C@@H]1CCCN1/C=C/c1ccccc1. The maximum absolute atomic E-state index is 2.42. The molecule has 2 rings (SSSR count). The summed E-state index contributed by atoms with van der Waals surface area (Å²) in [5.41, 5.74) is 1.28. The molecule has 1 aliphatic rings. The van der Waals surface area contributed by atoms with Gasteiger partial charge in [0.25, 0.3) is 0 Å². The van der Waals surface area contributed by atoms with Crippen molar-refractivity contribution in [3.63, 3.8) is 0 Å². The van der Waals surface area contributed by atoms with Crippen molar-refractivity contribution < 1.29 is 0 Å². The van der Waals surface area contributed by atoms with Gasteiger partial charge in [0.1, 0.15) is 0 Å².